The van der Waals surface area contributed by atoms with E-state index in [1.165, 1.54) is 0 Å². The molecule has 2 aromatic rings. The highest BCUT2D eigenvalue weighted by Crippen LogP contribution is 2.28. The Balaban J connectivity index is 1.19. The standard InChI is InChI=1S/C36H56N6O7S/c1-26-31(50-25-40-26)28-9-7-27(8-10-28)20-39-33(44)29-6-5-13-42(29)34(45)32(35(2,3)4)41-30(43)11-14-48-23-36(21-38-22-36)24-49-19-18-47-17-16-46-15-12-37/h7-10,25,29,32,38H,5-6,11-24,37H2,1-4H3,(H,39,44)(H,41,43). The number of hydrogen-bond donors (Lipinski definition) is 4. The predicted molar refractivity (Wildman–Crippen MR) is 193 cm³/mol. The van der Waals surface area contributed by atoms with Crippen molar-refractivity contribution in [2.24, 2.45) is 16.6 Å². The molecule has 2 saturated heterocycles. The summed E-state index contributed by atoms with van der Waals surface area (Å²) in [5.74, 6) is -0.688. The summed E-state index contributed by atoms with van der Waals surface area (Å²) in [5.41, 5.74) is 9.60. The molecule has 0 radical (unpaired) electrons. The molecule has 2 unspecified atom stereocenters. The van der Waals surface area contributed by atoms with Gasteiger partial charge < -0.3 is 45.5 Å². The number of nitrogens with zero attached hydrogens (tertiary/aromatic N) is 2. The van der Waals surface area contributed by atoms with Gasteiger partial charge in [-0.05, 0) is 36.3 Å². The zero-order valence-electron chi connectivity index (χ0n) is 30.1. The van der Waals surface area contributed by atoms with Crippen molar-refractivity contribution >= 4 is 29.1 Å². The molecule has 3 amide bonds. The predicted octanol–water partition coefficient (Wildman–Crippen LogP) is 2.26. The van der Waals surface area contributed by atoms with Crippen LogP contribution in [0.15, 0.2) is 29.8 Å². The summed E-state index contributed by atoms with van der Waals surface area (Å²) in [6.07, 6.45) is 1.43. The molecule has 13 nitrogen and oxygen atoms in total. The molecule has 4 rings (SSSR count). The van der Waals surface area contributed by atoms with Gasteiger partial charge in [-0.25, -0.2) is 4.98 Å². The van der Waals surface area contributed by atoms with Crippen molar-refractivity contribution in [3.05, 3.63) is 41.0 Å². The van der Waals surface area contributed by atoms with Gasteiger partial charge in [0.15, 0.2) is 0 Å². The van der Waals surface area contributed by atoms with Crippen LogP contribution in [0.1, 0.15) is 51.3 Å². The van der Waals surface area contributed by atoms with Crippen molar-refractivity contribution in [1.82, 2.24) is 25.8 Å². The first-order valence-electron chi connectivity index (χ1n) is 17.6. The minimum atomic E-state index is -0.781. The van der Waals surface area contributed by atoms with Crippen molar-refractivity contribution in [3.63, 3.8) is 0 Å². The number of likely N-dealkylation sites (tertiary alicyclic amines) is 1. The Bertz CT molecular complexity index is 1360. The Kier molecular flexibility index (Phi) is 15.6. The highest BCUT2D eigenvalue weighted by molar-refractivity contribution is 7.13. The van der Waals surface area contributed by atoms with Crippen LogP contribution in [0.5, 0.6) is 0 Å². The van der Waals surface area contributed by atoms with E-state index in [0.717, 1.165) is 41.2 Å². The number of nitrogens with two attached hydrogens (primary N) is 1. The van der Waals surface area contributed by atoms with Crippen LogP contribution < -0.4 is 21.7 Å². The summed E-state index contributed by atoms with van der Waals surface area (Å²) in [7, 11) is 0. The zero-order valence-corrected chi connectivity index (χ0v) is 30.9. The average molecular weight is 717 g/mol. The highest BCUT2D eigenvalue weighted by Gasteiger charge is 2.42. The normalized spacial score (nSPS) is 17.7. The van der Waals surface area contributed by atoms with E-state index >= 15 is 0 Å². The topological polar surface area (TPSA) is 166 Å². The molecule has 1 aromatic carbocycles. The summed E-state index contributed by atoms with van der Waals surface area (Å²) >= 11 is 1.60. The van der Waals surface area contributed by atoms with Crippen LogP contribution in [0.25, 0.3) is 10.4 Å². The van der Waals surface area contributed by atoms with Gasteiger partial charge in [-0.2, -0.15) is 0 Å². The number of ether oxygens (including phenoxy) is 4. The lowest BCUT2D eigenvalue weighted by Gasteiger charge is -2.42. The number of hydrogen-bond acceptors (Lipinski definition) is 11. The zero-order chi connectivity index (χ0) is 36.0. The van der Waals surface area contributed by atoms with Gasteiger partial charge in [-0.3, -0.25) is 14.4 Å². The van der Waals surface area contributed by atoms with Gasteiger partial charge in [0.05, 0.1) is 68.9 Å². The molecule has 5 N–H and O–H groups in total. The fourth-order valence-electron chi connectivity index (χ4n) is 6.00. The van der Waals surface area contributed by atoms with Gasteiger partial charge >= 0.3 is 0 Å². The van der Waals surface area contributed by atoms with E-state index in [0.29, 0.717) is 72.3 Å². The third kappa shape index (κ3) is 11.8. The number of benzene rings is 1. The Labute approximate surface area is 300 Å². The van der Waals surface area contributed by atoms with E-state index in [1.807, 2.05) is 57.5 Å². The molecule has 0 spiro atoms. The lowest BCUT2D eigenvalue weighted by Crippen LogP contribution is -2.59. The summed E-state index contributed by atoms with van der Waals surface area (Å²) in [6, 6.07) is 6.71. The van der Waals surface area contributed by atoms with E-state index < -0.39 is 17.5 Å². The number of rotatable bonds is 21. The molecule has 0 bridgehead atoms. The lowest BCUT2D eigenvalue weighted by atomic mass is 9.83. The van der Waals surface area contributed by atoms with Crippen LogP contribution in [-0.2, 0) is 39.9 Å². The molecule has 2 aliphatic rings. The van der Waals surface area contributed by atoms with Crippen LogP contribution in [0, 0.1) is 17.8 Å². The van der Waals surface area contributed by atoms with Crippen molar-refractivity contribution < 1.29 is 33.3 Å². The second-order valence-electron chi connectivity index (χ2n) is 14.2. The molecule has 2 aliphatic heterocycles. The first-order valence-corrected chi connectivity index (χ1v) is 18.5. The van der Waals surface area contributed by atoms with Crippen LogP contribution in [-0.4, -0.2) is 119 Å². The average Bonchev–Trinajstić information content (AvgIpc) is 3.74. The summed E-state index contributed by atoms with van der Waals surface area (Å²) in [5, 5.41) is 9.26. The summed E-state index contributed by atoms with van der Waals surface area (Å²) in [4.78, 5) is 47.4. The number of thiazole rings is 1. The van der Waals surface area contributed by atoms with Gasteiger partial charge in [0.1, 0.15) is 12.1 Å². The molecule has 0 aliphatic carbocycles. The maximum Gasteiger partial charge on any atom is 0.246 e. The molecule has 50 heavy (non-hydrogen) atoms. The van der Waals surface area contributed by atoms with Crippen LogP contribution in [0.4, 0.5) is 0 Å². The second-order valence-corrected chi connectivity index (χ2v) is 15.1. The summed E-state index contributed by atoms with van der Waals surface area (Å²) in [6.45, 7) is 14.4. The van der Waals surface area contributed by atoms with E-state index in [-0.39, 0.29) is 36.2 Å². The molecule has 3 heterocycles. The number of nitrogens with one attached hydrogen (secondary N) is 3. The molecule has 2 atom stereocenters. The van der Waals surface area contributed by atoms with Crippen LogP contribution in [0.3, 0.4) is 0 Å². The van der Waals surface area contributed by atoms with E-state index in [9.17, 15) is 14.4 Å². The van der Waals surface area contributed by atoms with Gasteiger partial charge in [0.2, 0.25) is 17.7 Å². The maximum atomic E-state index is 13.9. The Hall–Kier alpha value is -2.98. The number of aryl methyl sites for hydroxylation is 1. The first-order chi connectivity index (χ1) is 24.0. The van der Waals surface area contributed by atoms with Gasteiger partial charge in [-0.15, -0.1) is 11.3 Å². The minimum Gasteiger partial charge on any atom is -0.380 e. The van der Waals surface area contributed by atoms with E-state index in [4.69, 9.17) is 24.7 Å². The Morgan fingerprint density at radius 1 is 1.02 bits per heavy atom. The molecule has 2 fully saturated rings. The SMILES string of the molecule is Cc1ncsc1-c1ccc(CNC(=O)C2CCCN2C(=O)C(NC(=O)CCOCC2(COCCOCCOCCN)CNC2)C(C)(C)C)cc1. The number of aromatic nitrogens is 1. The molecule has 1 aromatic heterocycles. The monoisotopic (exact) mass is 716 g/mol. The molecular weight excluding hydrogens is 660 g/mol. The fraction of sp³-hybridized carbons (Fsp3) is 0.667. The van der Waals surface area contributed by atoms with Crippen molar-refractivity contribution in [3.8, 4) is 10.4 Å². The smallest absolute Gasteiger partial charge is 0.246 e. The highest BCUT2D eigenvalue weighted by atomic mass is 32.1. The van der Waals surface area contributed by atoms with Crippen molar-refractivity contribution in [1.29, 1.82) is 0 Å². The van der Waals surface area contributed by atoms with Gasteiger partial charge in [0.25, 0.3) is 0 Å². The van der Waals surface area contributed by atoms with Crippen molar-refractivity contribution in [2.45, 2.75) is 65.6 Å². The van der Waals surface area contributed by atoms with Crippen molar-refractivity contribution in [2.75, 3.05) is 79.0 Å². The second kappa shape index (κ2) is 19.6. The lowest BCUT2D eigenvalue weighted by molar-refractivity contribution is -0.144. The maximum absolute atomic E-state index is 13.9. The first kappa shape index (κ1) is 39.8. The molecule has 278 valence electrons. The Morgan fingerprint density at radius 2 is 1.68 bits per heavy atom. The summed E-state index contributed by atoms with van der Waals surface area (Å²) < 4.78 is 22.6. The van der Waals surface area contributed by atoms with Gasteiger partial charge in [-0.1, -0.05) is 45.0 Å². The van der Waals surface area contributed by atoms with E-state index in [2.05, 4.69) is 20.9 Å². The number of carbonyl (C=O) groups is 3. The quantitative estimate of drug-likeness (QED) is 0.141. The van der Waals surface area contributed by atoms with Crippen LogP contribution >= 0.6 is 11.3 Å². The number of amides is 3. The minimum absolute atomic E-state index is 0.121. The fourth-order valence-corrected chi connectivity index (χ4v) is 6.81. The van der Waals surface area contributed by atoms with Crippen LogP contribution in [0.2, 0.25) is 0 Å². The molecule has 0 saturated carbocycles. The molecular formula is C36H56N6O7S. The molecule has 14 heteroatoms. The largest absolute Gasteiger partial charge is 0.380 e. The van der Waals surface area contributed by atoms with Gasteiger partial charge in [0, 0.05) is 44.6 Å². The third-order valence-corrected chi connectivity index (χ3v) is 9.96. The van der Waals surface area contributed by atoms with E-state index in [1.54, 1.807) is 16.2 Å². The Morgan fingerprint density at radius 3 is 2.28 bits per heavy atom. The number of carbonyl (C=O) groups excluding carboxylic acids is 3. The third-order valence-electron chi connectivity index (χ3n) is 8.98.